The van der Waals surface area contributed by atoms with E-state index >= 15 is 0 Å². The van der Waals surface area contributed by atoms with E-state index in [2.05, 4.69) is 10.6 Å². The highest BCUT2D eigenvalue weighted by atomic mass is 32.1. The van der Waals surface area contributed by atoms with E-state index in [1.165, 1.54) is 17.4 Å². The Labute approximate surface area is 201 Å². The van der Waals surface area contributed by atoms with Crippen molar-refractivity contribution in [1.82, 2.24) is 5.32 Å². The van der Waals surface area contributed by atoms with E-state index in [-0.39, 0.29) is 23.2 Å². The summed E-state index contributed by atoms with van der Waals surface area (Å²) in [6.45, 7) is 4.95. The van der Waals surface area contributed by atoms with Crippen molar-refractivity contribution in [1.29, 1.82) is 0 Å². The maximum atomic E-state index is 13.2. The van der Waals surface area contributed by atoms with Crippen molar-refractivity contribution in [2.75, 3.05) is 18.5 Å². The van der Waals surface area contributed by atoms with Crippen LogP contribution in [0, 0.1) is 13.8 Å². The fourth-order valence-electron chi connectivity index (χ4n) is 4.88. The smallest absolute Gasteiger partial charge is 0.292 e. The molecule has 0 radical (unpaired) electrons. The van der Waals surface area contributed by atoms with Gasteiger partial charge in [-0.15, -0.1) is 11.3 Å². The van der Waals surface area contributed by atoms with E-state index in [9.17, 15) is 14.4 Å². The molecule has 2 amide bonds. The van der Waals surface area contributed by atoms with E-state index in [4.69, 9.17) is 9.15 Å². The van der Waals surface area contributed by atoms with Crippen LogP contribution in [0.4, 0.5) is 5.00 Å². The van der Waals surface area contributed by atoms with E-state index in [1.54, 1.807) is 6.07 Å². The van der Waals surface area contributed by atoms with Crippen LogP contribution < -0.4 is 16.1 Å². The Bertz CT molecular complexity index is 1330. The normalized spacial score (nSPS) is 17.5. The first-order valence-electron chi connectivity index (χ1n) is 11.8. The third kappa shape index (κ3) is 4.40. The summed E-state index contributed by atoms with van der Waals surface area (Å²) < 4.78 is 11.5. The van der Waals surface area contributed by atoms with Crippen molar-refractivity contribution >= 4 is 39.1 Å². The summed E-state index contributed by atoms with van der Waals surface area (Å²) in [6, 6.07) is 4.90. The molecule has 5 rings (SSSR count). The van der Waals surface area contributed by atoms with Gasteiger partial charge in [-0.25, -0.2) is 0 Å². The third-order valence-corrected chi connectivity index (χ3v) is 7.73. The highest BCUT2D eigenvalue weighted by Crippen LogP contribution is 2.38. The minimum atomic E-state index is -0.536. The molecule has 34 heavy (non-hydrogen) atoms. The molecule has 0 bridgehead atoms. The fraction of sp³-hybridized carbons (Fsp3) is 0.423. The number of fused-ring (bicyclic) bond motifs is 2. The quantitative estimate of drug-likeness (QED) is 0.560. The van der Waals surface area contributed by atoms with Gasteiger partial charge in [0.1, 0.15) is 10.6 Å². The summed E-state index contributed by atoms with van der Waals surface area (Å²) in [5, 5.41) is 6.82. The van der Waals surface area contributed by atoms with E-state index in [0.29, 0.717) is 28.1 Å². The van der Waals surface area contributed by atoms with Gasteiger partial charge in [-0.3, -0.25) is 14.4 Å². The predicted octanol–water partition coefficient (Wildman–Crippen LogP) is 4.51. The van der Waals surface area contributed by atoms with Gasteiger partial charge in [-0.05, 0) is 75.1 Å². The molecule has 7 nitrogen and oxygen atoms in total. The van der Waals surface area contributed by atoms with Crippen molar-refractivity contribution in [3.63, 3.8) is 0 Å². The molecule has 1 aliphatic heterocycles. The number of nitrogens with one attached hydrogen (secondary N) is 2. The number of ether oxygens (including phenoxy) is 1. The number of carbonyl (C=O) groups is 2. The topological polar surface area (TPSA) is 97.6 Å². The van der Waals surface area contributed by atoms with Gasteiger partial charge in [-0.1, -0.05) is 6.07 Å². The highest BCUT2D eigenvalue weighted by molar-refractivity contribution is 7.17. The highest BCUT2D eigenvalue weighted by Gasteiger charge is 2.28. The minimum Gasteiger partial charge on any atom is -0.450 e. The maximum Gasteiger partial charge on any atom is 0.292 e. The van der Waals surface area contributed by atoms with E-state index in [0.717, 1.165) is 66.7 Å². The van der Waals surface area contributed by atoms with Gasteiger partial charge in [0.2, 0.25) is 0 Å². The molecule has 1 saturated heterocycles. The Balaban J connectivity index is 1.44. The zero-order valence-electron chi connectivity index (χ0n) is 19.4. The molecule has 1 fully saturated rings. The lowest BCUT2D eigenvalue weighted by Gasteiger charge is -2.15. The van der Waals surface area contributed by atoms with Crippen LogP contribution in [0.5, 0.6) is 0 Å². The molecule has 2 aromatic heterocycles. The molecule has 2 aliphatic rings. The van der Waals surface area contributed by atoms with Crippen LogP contribution in [-0.2, 0) is 17.6 Å². The molecule has 0 unspecified atom stereocenters. The lowest BCUT2D eigenvalue weighted by molar-refractivity contribution is 0.0858. The summed E-state index contributed by atoms with van der Waals surface area (Å²) in [6.07, 6.45) is 5.77. The van der Waals surface area contributed by atoms with E-state index in [1.807, 2.05) is 19.9 Å². The summed E-state index contributed by atoms with van der Waals surface area (Å²) >= 11 is 1.44. The molecule has 2 N–H and O–H groups in total. The van der Waals surface area contributed by atoms with Crippen LogP contribution in [0.15, 0.2) is 27.4 Å². The van der Waals surface area contributed by atoms with Crippen LogP contribution in [0.25, 0.3) is 11.0 Å². The Morgan fingerprint density at radius 3 is 2.71 bits per heavy atom. The second-order valence-electron chi connectivity index (χ2n) is 9.15. The van der Waals surface area contributed by atoms with Gasteiger partial charge in [0.05, 0.1) is 17.1 Å². The molecule has 0 spiro atoms. The average Bonchev–Trinajstić information content (AvgIpc) is 3.45. The van der Waals surface area contributed by atoms with Crippen molar-refractivity contribution in [2.45, 2.75) is 58.5 Å². The van der Waals surface area contributed by atoms with Crippen molar-refractivity contribution in [3.8, 4) is 0 Å². The van der Waals surface area contributed by atoms with Crippen molar-refractivity contribution in [2.24, 2.45) is 0 Å². The molecular weight excluding hydrogens is 452 g/mol. The number of aryl methyl sites for hydroxylation is 3. The number of rotatable bonds is 5. The zero-order valence-corrected chi connectivity index (χ0v) is 20.2. The average molecular weight is 481 g/mol. The number of hydrogen-bond acceptors (Lipinski definition) is 6. The number of amides is 2. The molecule has 1 aromatic carbocycles. The molecule has 3 heterocycles. The van der Waals surface area contributed by atoms with E-state index < -0.39 is 5.91 Å². The van der Waals surface area contributed by atoms with Crippen LogP contribution in [-0.4, -0.2) is 31.1 Å². The molecule has 8 heteroatoms. The first kappa shape index (κ1) is 22.8. The molecule has 1 atom stereocenters. The lowest BCUT2D eigenvalue weighted by Crippen LogP contribution is -2.32. The maximum absolute atomic E-state index is 13.2. The van der Waals surface area contributed by atoms with Gasteiger partial charge in [-0.2, -0.15) is 0 Å². The monoisotopic (exact) mass is 480 g/mol. The van der Waals surface area contributed by atoms with Crippen LogP contribution in [0.3, 0.4) is 0 Å². The number of hydrogen-bond donors (Lipinski definition) is 2. The summed E-state index contributed by atoms with van der Waals surface area (Å²) in [7, 11) is 0. The van der Waals surface area contributed by atoms with Crippen LogP contribution >= 0.6 is 11.3 Å². The molecule has 3 aromatic rings. The second kappa shape index (κ2) is 9.35. The Morgan fingerprint density at radius 1 is 1.09 bits per heavy atom. The largest absolute Gasteiger partial charge is 0.450 e. The first-order valence-corrected chi connectivity index (χ1v) is 12.6. The fourth-order valence-corrected chi connectivity index (χ4v) is 6.16. The summed E-state index contributed by atoms with van der Waals surface area (Å²) in [4.78, 5) is 40.2. The van der Waals surface area contributed by atoms with Crippen molar-refractivity contribution in [3.05, 3.63) is 61.3 Å². The summed E-state index contributed by atoms with van der Waals surface area (Å²) in [5.41, 5.74) is 3.44. The Morgan fingerprint density at radius 2 is 1.91 bits per heavy atom. The standard InChI is InChI=1S/C26H28N2O5S/c1-14-10-15(2)23-18(11-14)19(29)12-20(33-23)24(30)28-26-22(17-7-3-4-8-21(17)34-26)25(31)27-13-16-6-5-9-32-16/h10-12,16H,3-9,13H2,1-2H3,(H,27,31)(H,28,30)/t16-/m1/s1. The Kier molecular flexibility index (Phi) is 6.27. The van der Waals surface area contributed by atoms with Gasteiger partial charge in [0, 0.05) is 24.1 Å². The first-order chi connectivity index (χ1) is 16.4. The van der Waals surface area contributed by atoms with Gasteiger partial charge in [0.25, 0.3) is 11.8 Å². The SMILES string of the molecule is Cc1cc(C)c2oc(C(=O)Nc3sc4c(c3C(=O)NC[C@H]3CCCO3)CCCC4)cc(=O)c2c1. The zero-order chi connectivity index (χ0) is 23.8. The minimum absolute atomic E-state index is 0.0372. The van der Waals surface area contributed by atoms with Crippen LogP contribution in [0.1, 0.15) is 68.2 Å². The number of anilines is 1. The van der Waals surface area contributed by atoms with Gasteiger partial charge < -0.3 is 19.8 Å². The second-order valence-corrected chi connectivity index (χ2v) is 10.3. The molecular formula is C26H28N2O5S. The summed E-state index contributed by atoms with van der Waals surface area (Å²) in [5.74, 6) is -0.802. The molecule has 178 valence electrons. The lowest BCUT2D eigenvalue weighted by atomic mass is 9.95. The molecule has 1 aliphatic carbocycles. The predicted molar refractivity (Wildman–Crippen MR) is 132 cm³/mol. The van der Waals surface area contributed by atoms with Gasteiger partial charge in [0.15, 0.2) is 11.2 Å². The number of thiophene rings is 1. The van der Waals surface area contributed by atoms with Crippen molar-refractivity contribution < 1.29 is 18.7 Å². The Hall–Kier alpha value is -2.97. The molecule has 0 saturated carbocycles. The number of benzene rings is 1. The van der Waals surface area contributed by atoms with Gasteiger partial charge >= 0.3 is 0 Å². The number of carbonyl (C=O) groups excluding carboxylic acids is 2. The van der Waals surface area contributed by atoms with Crippen LogP contribution in [0.2, 0.25) is 0 Å². The third-order valence-electron chi connectivity index (χ3n) is 6.52.